The summed E-state index contributed by atoms with van der Waals surface area (Å²) in [5.74, 6) is -0.114. The first kappa shape index (κ1) is 13.0. The lowest BCUT2D eigenvalue weighted by Gasteiger charge is -1.97. The topological polar surface area (TPSA) is 114 Å². The van der Waals surface area contributed by atoms with Crippen molar-refractivity contribution < 1.29 is 10.0 Å². The normalized spacial score (nSPS) is 11.9. The highest BCUT2D eigenvalue weighted by Crippen LogP contribution is 2.21. The quantitative estimate of drug-likeness (QED) is 0.365. The van der Waals surface area contributed by atoms with Gasteiger partial charge in [-0.2, -0.15) is 5.10 Å². The Bertz CT molecular complexity index is 487. The summed E-state index contributed by atoms with van der Waals surface area (Å²) >= 11 is 1.22. The Kier molecular flexibility index (Phi) is 4.46. The first-order valence-electron chi connectivity index (χ1n) is 4.42. The minimum atomic E-state index is -0.559. The van der Waals surface area contributed by atoms with Crippen LogP contribution < -0.4 is 5.73 Å². The molecular weight excluding hydrogens is 244 g/mol. The lowest BCUT2D eigenvalue weighted by Crippen LogP contribution is -2.03. The third-order valence-electron chi connectivity index (χ3n) is 1.78. The molecule has 0 radical (unpaired) electrons. The van der Waals surface area contributed by atoms with Gasteiger partial charge in [0.2, 0.25) is 0 Å². The standard InChI is InChI=1S/C9H10N4O3S/c1-17-9(10)12-11-5-6-4-7(13(15)16)2-3-8(6)14/h2-5,14H,1H3,(H2,10,12)/b11-5+. The lowest BCUT2D eigenvalue weighted by molar-refractivity contribution is -0.384. The molecule has 0 bridgehead atoms. The van der Waals surface area contributed by atoms with E-state index in [2.05, 4.69) is 10.2 Å². The molecule has 0 unspecified atom stereocenters. The van der Waals surface area contributed by atoms with E-state index in [0.717, 1.165) is 0 Å². The van der Waals surface area contributed by atoms with Crippen LogP contribution in [0.3, 0.4) is 0 Å². The Labute approximate surface area is 101 Å². The first-order chi connectivity index (χ1) is 8.04. The first-order valence-corrected chi connectivity index (χ1v) is 5.65. The fourth-order valence-corrected chi connectivity index (χ4v) is 1.08. The molecule has 0 fully saturated rings. The summed E-state index contributed by atoms with van der Waals surface area (Å²) in [7, 11) is 0. The smallest absolute Gasteiger partial charge is 0.270 e. The number of hydrogen-bond donors (Lipinski definition) is 2. The summed E-state index contributed by atoms with van der Waals surface area (Å²) in [4.78, 5) is 9.96. The average Bonchev–Trinajstić information content (AvgIpc) is 2.30. The molecule has 8 heteroatoms. The van der Waals surface area contributed by atoms with Gasteiger partial charge in [0.05, 0.1) is 11.1 Å². The van der Waals surface area contributed by atoms with Crippen molar-refractivity contribution in [2.75, 3.05) is 6.26 Å². The minimum Gasteiger partial charge on any atom is -0.507 e. The summed E-state index contributed by atoms with van der Waals surface area (Å²) in [6.07, 6.45) is 2.94. The molecule has 0 aliphatic rings. The van der Waals surface area contributed by atoms with Crippen LogP contribution in [0.15, 0.2) is 28.4 Å². The monoisotopic (exact) mass is 254 g/mol. The molecule has 7 nitrogen and oxygen atoms in total. The van der Waals surface area contributed by atoms with Crippen LogP contribution in [0.4, 0.5) is 5.69 Å². The zero-order chi connectivity index (χ0) is 12.8. The molecule has 1 aromatic rings. The Balaban J connectivity index is 2.98. The molecular formula is C9H10N4O3S. The van der Waals surface area contributed by atoms with Crippen LogP contribution in [-0.4, -0.2) is 27.7 Å². The molecule has 1 aromatic carbocycles. The van der Waals surface area contributed by atoms with Crippen LogP contribution in [0.1, 0.15) is 5.56 Å². The molecule has 0 amide bonds. The van der Waals surface area contributed by atoms with E-state index < -0.39 is 4.92 Å². The van der Waals surface area contributed by atoms with Gasteiger partial charge in [-0.15, -0.1) is 5.10 Å². The summed E-state index contributed by atoms with van der Waals surface area (Å²) in [6.45, 7) is 0. The molecule has 0 heterocycles. The second-order valence-electron chi connectivity index (χ2n) is 2.89. The Hall–Kier alpha value is -2.09. The number of amidine groups is 1. The molecule has 0 aliphatic carbocycles. The number of phenolic OH excluding ortho intramolecular Hbond substituents is 1. The molecule has 90 valence electrons. The van der Waals surface area contributed by atoms with Gasteiger partial charge in [-0.05, 0) is 12.3 Å². The second kappa shape index (κ2) is 5.85. The largest absolute Gasteiger partial charge is 0.507 e. The van der Waals surface area contributed by atoms with Gasteiger partial charge in [-0.3, -0.25) is 10.1 Å². The van der Waals surface area contributed by atoms with Crippen molar-refractivity contribution in [2.45, 2.75) is 0 Å². The van der Waals surface area contributed by atoms with Gasteiger partial charge >= 0.3 is 0 Å². The number of rotatable bonds is 3. The van der Waals surface area contributed by atoms with Crippen molar-refractivity contribution in [3.63, 3.8) is 0 Å². The Morgan fingerprint density at radius 1 is 1.65 bits per heavy atom. The molecule has 0 saturated carbocycles. The van der Waals surface area contributed by atoms with Crippen molar-refractivity contribution in [3.8, 4) is 5.75 Å². The van der Waals surface area contributed by atoms with Crippen LogP contribution in [0.25, 0.3) is 0 Å². The number of benzene rings is 1. The van der Waals surface area contributed by atoms with Gasteiger partial charge in [0.1, 0.15) is 5.75 Å². The number of nitrogens with zero attached hydrogens (tertiary/aromatic N) is 3. The van der Waals surface area contributed by atoms with Crippen molar-refractivity contribution in [2.24, 2.45) is 15.9 Å². The number of hydrogen-bond acceptors (Lipinski definition) is 6. The molecule has 0 aliphatic heterocycles. The van der Waals surface area contributed by atoms with Crippen LogP contribution >= 0.6 is 11.8 Å². The molecule has 17 heavy (non-hydrogen) atoms. The molecule has 3 N–H and O–H groups in total. The predicted octanol–water partition coefficient (Wildman–Crippen LogP) is 1.31. The van der Waals surface area contributed by atoms with Gasteiger partial charge in [0.15, 0.2) is 5.17 Å². The maximum Gasteiger partial charge on any atom is 0.270 e. The van der Waals surface area contributed by atoms with Crippen molar-refractivity contribution in [1.82, 2.24) is 0 Å². The number of aromatic hydroxyl groups is 1. The third kappa shape index (κ3) is 3.76. The summed E-state index contributed by atoms with van der Waals surface area (Å²) in [5.41, 5.74) is 5.45. The van der Waals surface area contributed by atoms with Gasteiger partial charge in [-0.25, -0.2) is 0 Å². The molecule has 0 spiro atoms. The predicted molar refractivity (Wildman–Crippen MR) is 67.5 cm³/mol. The zero-order valence-corrected chi connectivity index (χ0v) is 9.72. The van der Waals surface area contributed by atoms with Crippen molar-refractivity contribution in [1.29, 1.82) is 0 Å². The van der Waals surface area contributed by atoms with E-state index in [1.165, 1.54) is 36.2 Å². The number of nitro benzene ring substituents is 1. The van der Waals surface area contributed by atoms with Crippen LogP contribution in [0.2, 0.25) is 0 Å². The van der Waals surface area contributed by atoms with Crippen molar-refractivity contribution in [3.05, 3.63) is 33.9 Å². The highest BCUT2D eigenvalue weighted by molar-refractivity contribution is 8.13. The lowest BCUT2D eigenvalue weighted by atomic mass is 10.2. The average molecular weight is 254 g/mol. The number of thioether (sulfide) groups is 1. The Morgan fingerprint density at radius 3 is 2.94 bits per heavy atom. The highest BCUT2D eigenvalue weighted by Gasteiger charge is 2.08. The summed E-state index contributed by atoms with van der Waals surface area (Å²) in [6, 6.07) is 3.62. The molecule has 0 atom stereocenters. The second-order valence-corrected chi connectivity index (χ2v) is 3.71. The number of phenols is 1. The Morgan fingerprint density at radius 2 is 2.35 bits per heavy atom. The maximum atomic E-state index is 10.5. The van der Waals surface area contributed by atoms with E-state index in [0.29, 0.717) is 0 Å². The van der Waals surface area contributed by atoms with E-state index in [1.807, 2.05) is 0 Å². The van der Waals surface area contributed by atoms with E-state index in [-0.39, 0.29) is 22.2 Å². The fraction of sp³-hybridized carbons (Fsp3) is 0.111. The van der Waals surface area contributed by atoms with E-state index >= 15 is 0 Å². The highest BCUT2D eigenvalue weighted by atomic mass is 32.2. The van der Waals surface area contributed by atoms with E-state index in [4.69, 9.17) is 5.73 Å². The van der Waals surface area contributed by atoms with Crippen LogP contribution in [0.5, 0.6) is 5.75 Å². The van der Waals surface area contributed by atoms with Gasteiger partial charge in [-0.1, -0.05) is 11.8 Å². The number of nitrogens with two attached hydrogens (primary N) is 1. The third-order valence-corrected chi connectivity index (χ3v) is 2.28. The van der Waals surface area contributed by atoms with E-state index in [1.54, 1.807) is 6.26 Å². The summed E-state index contributed by atoms with van der Waals surface area (Å²) < 4.78 is 0. The maximum absolute atomic E-state index is 10.5. The molecule has 0 saturated heterocycles. The van der Waals surface area contributed by atoms with Crippen LogP contribution in [-0.2, 0) is 0 Å². The van der Waals surface area contributed by atoms with E-state index in [9.17, 15) is 15.2 Å². The number of nitro groups is 1. The molecule has 1 rings (SSSR count). The van der Waals surface area contributed by atoms with Crippen LogP contribution in [0, 0.1) is 10.1 Å². The van der Waals surface area contributed by atoms with Gasteiger partial charge < -0.3 is 10.8 Å². The van der Waals surface area contributed by atoms with Gasteiger partial charge in [0.25, 0.3) is 5.69 Å². The van der Waals surface area contributed by atoms with Crippen molar-refractivity contribution >= 4 is 28.8 Å². The van der Waals surface area contributed by atoms with Gasteiger partial charge in [0, 0.05) is 17.7 Å². The SMILES string of the molecule is CS/C(N)=N/N=C/c1cc([N+](=O)[O-])ccc1O. The fourth-order valence-electron chi connectivity index (χ4n) is 0.948. The summed E-state index contributed by atoms with van der Waals surface area (Å²) in [5, 5.41) is 27.4. The zero-order valence-electron chi connectivity index (χ0n) is 8.90. The minimum absolute atomic E-state index is 0.114. The number of non-ortho nitro benzene ring substituents is 1. The molecule has 0 aromatic heterocycles.